The van der Waals surface area contributed by atoms with E-state index in [1.165, 1.54) is 11.3 Å². The molecule has 0 saturated carbocycles. The number of carbonyl (C=O) groups is 1. The van der Waals surface area contributed by atoms with Gasteiger partial charge >= 0.3 is 0 Å². The molecule has 0 radical (unpaired) electrons. The largest absolute Gasteiger partial charge is 0.320 e. The molecule has 20 heavy (non-hydrogen) atoms. The summed E-state index contributed by atoms with van der Waals surface area (Å²) < 4.78 is 0. The van der Waals surface area contributed by atoms with Crippen molar-refractivity contribution in [3.63, 3.8) is 0 Å². The highest BCUT2D eigenvalue weighted by Gasteiger charge is 2.07. The van der Waals surface area contributed by atoms with Gasteiger partial charge in [-0.25, -0.2) is 4.98 Å². The Kier molecular flexibility index (Phi) is 4.88. The van der Waals surface area contributed by atoms with Gasteiger partial charge in [0.25, 0.3) is 0 Å². The van der Waals surface area contributed by atoms with Crippen LogP contribution >= 0.6 is 11.3 Å². The van der Waals surface area contributed by atoms with E-state index in [1.807, 2.05) is 31.2 Å². The number of aromatic nitrogens is 1. The third-order valence-electron chi connectivity index (χ3n) is 2.51. The normalized spacial score (nSPS) is 9.70. The predicted octanol–water partition coefficient (Wildman–Crippen LogP) is 1.94. The van der Waals surface area contributed by atoms with Crippen molar-refractivity contribution in [2.75, 3.05) is 11.9 Å². The summed E-state index contributed by atoms with van der Waals surface area (Å²) in [5.41, 5.74) is 7.43. The molecule has 1 aromatic heterocycles. The highest BCUT2D eigenvalue weighted by atomic mass is 32.1. The van der Waals surface area contributed by atoms with Gasteiger partial charge < -0.3 is 11.1 Å². The van der Waals surface area contributed by atoms with Crippen molar-refractivity contribution in [2.24, 2.45) is 5.73 Å². The smallest absolute Gasteiger partial charge is 0.230 e. The fraction of sp³-hybridized carbons (Fsp3) is 0.200. The molecule has 0 saturated heterocycles. The Morgan fingerprint density at radius 2 is 2.35 bits per heavy atom. The zero-order valence-corrected chi connectivity index (χ0v) is 12.0. The van der Waals surface area contributed by atoms with Crippen LogP contribution in [0.4, 0.5) is 5.13 Å². The number of amides is 1. The summed E-state index contributed by atoms with van der Waals surface area (Å²) in [6.45, 7) is 2.32. The highest BCUT2D eigenvalue weighted by Crippen LogP contribution is 2.17. The first-order valence-electron chi connectivity index (χ1n) is 6.17. The van der Waals surface area contributed by atoms with Crippen molar-refractivity contribution in [3.8, 4) is 11.8 Å². The molecule has 3 N–H and O–H groups in total. The molecule has 0 aliphatic carbocycles. The molecule has 1 heterocycles. The number of carbonyl (C=O) groups excluding carboxylic acids is 1. The summed E-state index contributed by atoms with van der Waals surface area (Å²) in [7, 11) is 0. The van der Waals surface area contributed by atoms with Gasteiger partial charge in [-0.3, -0.25) is 4.79 Å². The van der Waals surface area contributed by atoms with Gasteiger partial charge in [-0.15, -0.1) is 0 Å². The lowest BCUT2D eigenvalue weighted by Gasteiger charge is -2.02. The Labute approximate surface area is 122 Å². The van der Waals surface area contributed by atoms with Gasteiger partial charge in [0, 0.05) is 0 Å². The predicted molar refractivity (Wildman–Crippen MR) is 81.6 cm³/mol. The number of nitrogens with zero attached hydrogens (tertiary/aromatic N) is 1. The van der Waals surface area contributed by atoms with E-state index in [-0.39, 0.29) is 5.91 Å². The summed E-state index contributed by atoms with van der Waals surface area (Å²) in [5, 5.41) is 3.34. The van der Waals surface area contributed by atoms with E-state index in [0.717, 1.165) is 16.0 Å². The van der Waals surface area contributed by atoms with Crippen LogP contribution in [-0.2, 0) is 11.2 Å². The summed E-state index contributed by atoms with van der Waals surface area (Å²) in [6.07, 6.45) is 1.97. The summed E-state index contributed by atoms with van der Waals surface area (Å²) in [6, 6.07) is 7.89. The van der Waals surface area contributed by atoms with Gasteiger partial charge in [-0.1, -0.05) is 53.0 Å². The van der Waals surface area contributed by atoms with Crippen LogP contribution in [0.25, 0.3) is 0 Å². The third kappa shape index (κ3) is 4.19. The fourth-order valence-electron chi connectivity index (χ4n) is 1.70. The number of rotatable bonds is 3. The molecule has 0 fully saturated rings. The van der Waals surface area contributed by atoms with Crippen LogP contribution in [0.2, 0.25) is 0 Å². The van der Waals surface area contributed by atoms with Crippen molar-refractivity contribution in [1.29, 1.82) is 0 Å². The lowest BCUT2D eigenvalue weighted by molar-refractivity contribution is -0.115. The minimum absolute atomic E-state index is 0.0803. The van der Waals surface area contributed by atoms with Crippen LogP contribution in [-0.4, -0.2) is 17.4 Å². The van der Waals surface area contributed by atoms with E-state index >= 15 is 0 Å². The molecule has 0 aliphatic heterocycles. The molecule has 1 amide bonds. The van der Waals surface area contributed by atoms with Gasteiger partial charge in [-0.2, -0.15) is 0 Å². The monoisotopic (exact) mass is 285 g/mol. The summed E-state index contributed by atoms with van der Waals surface area (Å²) >= 11 is 1.34. The van der Waals surface area contributed by atoms with Crippen molar-refractivity contribution in [1.82, 2.24) is 4.98 Å². The standard InChI is InChI=1S/C15H15N3OS/c1-11-4-2-5-12(8-11)9-14(19)18-15-17-10-13(20-15)6-3-7-16/h2,4-5,8,10H,7,9,16H2,1H3,(H,17,18,19). The molecule has 1 aromatic carbocycles. The van der Waals surface area contributed by atoms with Crippen molar-refractivity contribution >= 4 is 22.4 Å². The fourth-order valence-corrected chi connectivity index (χ4v) is 2.41. The highest BCUT2D eigenvalue weighted by molar-refractivity contribution is 7.16. The molecule has 2 aromatic rings. The Morgan fingerprint density at radius 1 is 1.50 bits per heavy atom. The molecule has 102 valence electrons. The van der Waals surface area contributed by atoms with E-state index in [4.69, 9.17) is 5.73 Å². The zero-order valence-electron chi connectivity index (χ0n) is 11.1. The lowest BCUT2D eigenvalue weighted by Crippen LogP contribution is -2.14. The summed E-state index contributed by atoms with van der Waals surface area (Å²) in [4.78, 5) is 16.8. The molecular weight excluding hydrogens is 270 g/mol. The molecule has 0 spiro atoms. The molecule has 4 nitrogen and oxygen atoms in total. The molecule has 5 heteroatoms. The van der Waals surface area contributed by atoms with Crippen molar-refractivity contribution < 1.29 is 4.79 Å². The number of nitrogens with two attached hydrogens (primary N) is 1. The van der Waals surface area contributed by atoms with Gasteiger partial charge in [0.15, 0.2) is 5.13 Å². The quantitative estimate of drug-likeness (QED) is 0.847. The Bertz CT molecular complexity index is 667. The molecule has 0 bridgehead atoms. The SMILES string of the molecule is Cc1cccc(CC(=O)Nc2ncc(C#CCN)s2)c1. The van der Waals surface area contributed by atoms with Crippen molar-refractivity contribution in [3.05, 3.63) is 46.5 Å². The molecule has 2 rings (SSSR count). The minimum atomic E-state index is -0.0803. The van der Waals surface area contributed by atoms with Crippen molar-refractivity contribution in [2.45, 2.75) is 13.3 Å². The number of thiazole rings is 1. The molecule has 0 atom stereocenters. The van der Waals surface area contributed by atoms with E-state index in [1.54, 1.807) is 6.20 Å². The van der Waals surface area contributed by atoms with E-state index in [2.05, 4.69) is 22.1 Å². The number of hydrogen-bond donors (Lipinski definition) is 2. The average Bonchev–Trinajstić information content (AvgIpc) is 2.83. The van der Waals surface area contributed by atoms with Crippen LogP contribution in [0, 0.1) is 18.8 Å². The number of hydrogen-bond acceptors (Lipinski definition) is 4. The first kappa shape index (κ1) is 14.3. The van der Waals surface area contributed by atoms with Gasteiger partial charge in [0.05, 0.1) is 24.0 Å². The average molecular weight is 285 g/mol. The van der Waals surface area contributed by atoms with Crippen LogP contribution in [0.3, 0.4) is 0 Å². The molecule has 0 unspecified atom stereocenters. The third-order valence-corrected chi connectivity index (χ3v) is 3.34. The first-order chi connectivity index (χ1) is 9.67. The minimum Gasteiger partial charge on any atom is -0.320 e. The molecule has 0 aliphatic rings. The second kappa shape index (κ2) is 6.85. The van der Waals surface area contributed by atoms with E-state index in [9.17, 15) is 4.79 Å². The van der Waals surface area contributed by atoms with Crippen LogP contribution in [0.1, 0.15) is 16.0 Å². The molecular formula is C15H15N3OS. The van der Waals surface area contributed by atoms with E-state index in [0.29, 0.717) is 18.1 Å². The zero-order chi connectivity index (χ0) is 14.4. The maximum atomic E-state index is 11.9. The van der Waals surface area contributed by atoms with Gasteiger partial charge in [0.2, 0.25) is 5.91 Å². The number of aryl methyl sites for hydroxylation is 1. The topological polar surface area (TPSA) is 68.0 Å². The Morgan fingerprint density at radius 3 is 3.10 bits per heavy atom. The first-order valence-corrected chi connectivity index (χ1v) is 6.99. The van der Waals surface area contributed by atoms with Gasteiger partial charge in [0.1, 0.15) is 0 Å². The number of benzene rings is 1. The summed E-state index contributed by atoms with van der Waals surface area (Å²) in [5.74, 6) is 5.56. The van der Waals surface area contributed by atoms with Crippen LogP contribution < -0.4 is 11.1 Å². The second-order valence-corrected chi connectivity index (χ2v) is 5.28. The Balaban J connectivity index is 1.96. The number of anilines is 1. The van der Waals surface area contributed by atoms with Crippen LogP contribution in [0.5, 0.6) is 0 Å². The number of nitrogens with one attached hydrogen (secondary N) is 1. The maximum Gasteiger partial charge on any atom is 0.230 e. The lowest BCUT2D eigenvalue weighted by atomic mass is 10.1. The van der Waals surface area contributed by atoms with E-state index < -0.39 is 0 Å². The maximum absolute atomic E-state index is 11.9. The van der Waals surface area contributed by atoms with Gasteiger partial charge in [-0.05, 0) is 12.5 Å². The Hall–Kier alpha value is -2.16. The van der Waals surface area contributed by atoms with Crippen LogP contribution in [0.15, 0.2) is 30.5 Å². The second-order valence-electron chi connectivity index (χ2n) is 4.25.